The van der Waals surface area contributed by atoms with Crippen LogP contribution in [0, 0.1) is 6.92 Å². The Hall–Kier alpha value is -2.83. The number of halogens is 1. The number of anilines is 1. The van der Waals surface area contributed by atoms with Crippen molar-refractivity contribution < 1.29 is 19.1 Å². The minimum Gasteiger partial charge on any atom is -0.495 e. The van der Waals surface area contributed by atoms with Crippen molar-refractivity contribution in [3.63, 3.8) is 0 Å². The molecule has 0 saturated carbocycles. The van der Waals surface area contributed by atoms with Crippen molar-refractivity contribution in [2.24, 2.45) is 0 Å². The van der Waals surface area contributed by atoms with Gasteiger partial charge in [0, 0.05) is 18.1 Å². The molecule has 6 nitrogen and oxygen atoms in total. The summed E-state index contributed by atoms with van der Waals surface area (Å²) < 4.78 is 11.3. The van der Waals surface area contributed by atoms with E-state index in [-0.39, 0.29) is 24.0 Å². The van der Waals surface area contributed by atoms with Crippen LogP contribution in [0.5, 0.6) is 5.75 Å². The fourth-order valence-electron chi connectivity index (χ4n) is 4.24. The standard InChI is InChI=1S/C24H25ClN2O4/c1-14-5-10-20(30-4)19(11-14)27-23(28)21(17-6-8-18(25)9-7-17)22(24(27)29)26-12-15(2)31-16(3)13-26/h5-11,15-16H,12-13H2,1-4H3. The maximum Gasteiger partial charge on any atom is 0.282 e. The molecule has 0 aliphatic carbocycles. The van der Waals surface area contributed by atoms with E-state index in [0.29, 0.717) is 46.4 Å². The highest BCUT2D eigenvalue weighted by Crippen LogP contribution is 2.39. The van der Waals surface area contributed by atoms with Crippen LogP contribution in [-0.2, 0) is 14.3 Å². The molecule has 0 bridgehead atoms. The molecule has 162 valence electrons. The van der Waals surface area contributed by atoms with Crippen molar-refractivity contribution >= 4 is 34.7 Å². The predicted molar refractivity (Wildman–Crippen MR) is 120 cm³/mol. The topological polar surface area (TPSA) is 59.1 Å². The summed E-state index contributed by atoms with van der Waals surface area (Å²) in [6.45, 7) is 6.89. The fraction of sp³-hybridized carbons (Fsp3) is 0.333. The van der Waals surface area contributed by atoms with Gasteiger partial charge in [-0.3, -0.25) is 9.59 Å². The maximum atomic E-state index is 13.7. The van der Waals surface area contributed by atoms with E-state index in [9.17, 15) is 9.59 Å². The van der Waals surface area contributed by atoms with E-state index >= 15 is 0 Å². The lowest BCUT2D eigenvalue weighted by molar-refractivity contribution is -0.121. The van der Waals surface area contributed by atoms with E-state index in [4.69, 9.17) is 21.1 Å². The normalized spacial score (nSPS) is 21.8. The lowest BCUT2D eigenvalue weighted by Gasteiger charge is -2.37. The number of benzene rings is 2. The average molecular weight is 441 g/mol. The van der Waals surface area contributed by atoms with Crippen molar-refractivity contribution in [3.05, 3.63) is 64.3 Å². The second-order valence-electron chi connectivity index (χ2n) is 8.01. The Balaban J connectivity index is 1.87. The monoisotopic (exact) mass is 440 g/mol. The summed E-state index contributed by atoms with van der Waals surface area (Å²) in [5.74, 6) is -0.272. The van der Waals surface area contributed by atoms with Crippen molar-refractivity contribution in [2.75, 3.05) is 25.1 Å². The number of aryl methyl sites for hydroxylation is 1. The minimum atomic E-state index is -0.377. The number of amides is 2. The summed E-state index contributed by atoms with van der Waals surface area (Å²) in [5, 5.41) is 0.563. The quantitative estimate of drug-likeness (QED) is 0.671. The Labute approximate surface area is 187 Å². The summed E-state index contributed by atoms with van der Waals surface area (Å²) in [7, 11) is 1.53. The van der Waals surface area contributed by atoms with Crippen LogP contribution in [-0.4, -0.2) is 49.1 Å². The van der Waals surface area contributed by atoms with Crippen LogP contribution in [0.2, 0.25) is 5.02 Å². The van der Waals surface area contributed by atoms with Crippen LogP contribution in [0.3, 0.4) is 0 Å². The van der Waals surface area contributed by atoms with Crippen molar-refractivity contribution in [3.8, 4) is 5.75 Å². The van der Waals surface area contributed by atoms with Gasteiger partial charge in [0.1, 0.15) is 11.4 Å². The molecule has 2 aromatic carbocycles. The van der Waals surface area contributed by atoms with Gasteiger partial charge in [-0.25, -0.2) is 4.90 Å². The molecule has 2 heterocycles. The molecule has 2 aliphatic rings. The van der Waals surface area contributed by atoms with E-state index in [0.717, 1.165) is 5.56 Å². The third kappa shape index (κ3) is 3.93. The van der Waals surface area contributed by atoms with Gasteiger partial charge in [-0.2, -0.15) is 0 Å². The number of ether oxygens (including phenoxy) is 2. The van der Waals surface area contributed by atoms with Gasteiger partial charge < -0.3 is 14.4 Å². The number of hydrogen-bond donors (Lipinski definition) is 0. The highest BCUT2D eigenvalue weighted by atomic mass is 35.5. The lowest BCUT2D eigenvalue weighted by Crippen LogP contribution is -2.47. The highest BCUT2D eigenvalue weighted by molar-refractivity contribution is 6.45. The molecular formula is C24H25ClN2O4. The first-order chi connectivity index (χ1) is 14.8. The van der Waals surface area contributed by atoms with E-state index in [2.05, 4.69) is 0 Å². The zero-order valence-corrected chi connectivity index (χ0v) is 18.8. The number of morpholine rings is 1. The van der Waals surface area contributed by atoms with Gasteiger partial charge in [-0.05, 0) is 56.2 Å². The molecule has 1 fully saturated rings. The molecule has 0 radical (unpaired) electrons. The van der Waals surface area contributed by atoms with E-state index < -0.39 is 0 Å². The molecule has 31 heavy (non-hydrogen) atoms. The van der Waals surface area contributed by atoms with E-state index in [1.165, 1.54) is 12.0 Å². The molecule has 2 unspecified atom stereocenters. The van der Waals surface area contributed by atoms with Crippen molar-refractivity contribution in [2.45, 2.75) is 33.0 Å². The maximum absolute atomic E-state index is 13.7. The molecule has 2 amide bonds. The van der Waals surface area contributed by atoms with Crippen LogP contribution in [0.4, 0.5) is 5.69 Å². The number of rotatable bonds is 4. The molecule has 1 saturated heterocycles. The Morgan fingerprint density at radius 2 is 1.65 bits per heavy atom. The molecule has 2 aliphatic heterocycles. The molecule has 2 aromatic rings. The molecule has 2 atom stereocenters. The zero-order valence-electron chi connectivity index (χ0n) is 18.0. The van der Waals surface area contributed by atoms with Crippen molar-refractivity contribution in [1.82, 2.24) is 4.90 Å². The van der Waals surface area contributed by atoms with Crippen LogP contribution in [0.15, 0.2) is 48.2 Å². The Morgan fingerprint density at radius 1 is 1.00 bits per heavy atom. The summed E-state index contributed by atoms with van der Waals surface area (Å²) in [4.78, 5) is 30.6. The summed E-state index contributed by atoms with van der Waals surface area (Å²) >= 11 is 6.07. The first kappa shape index (κ1) is 21.4. The van der Waals surface area contributed by atoms with Gasteiger partial charge in [-0.15, -0.1) is 0 Å². The third-order valence-electron chi connectivity index (χ3n) is 5.50. The van der Waals surface area contributed by atoms with E-state index in [1.807, 2.05) is 31.7 Å². The van der Waals surface area contributed by atoms with Crippen LogP contribution in [0.1, 0.15) is 25.0 Å². The predicted octanol–water partition coefficient (Wildman–Crippen LogP) is 4.05. The molecule has 4 rings (SSSR count). The number of hydrogen-bond acceptors (Lipinski definition) is 5. The second-order valence-corrected chi connectivity index (χ2v) is 8.45. The summed E-state index contributed by atoms with van der Waals surface area (Å²) in [6, 6.07) is 12.4. The lowest BCUT2D eigenvalue weighted by atomic mass is 10.0. The zero-order chi connectivity index (χ0) is 22.3. The van der Waals surface area contributed by atoms with Gasteiger partial charge in [0.05, 0.1) is 30.6 Å². The number of methoxy groups -OCH3 is 1. The van der Waals surface area contributed by atoms with E-state index in [1.54, 1.807) is 36.4 Å². The van der Waals surface area contributed by atoms with Gasteiger partial charge in [0.25, 0.3) is 11.8 Å². The van der Waals surface area contributed by atoms with Crippen LogP contribution >= 0.6 is 11.6 Å². The summed E-state index contributed by atoms with van der Waals surface area (Å²) in [6.07, 6.45) is -0.124. The van der Waals surface area contributed by atoms with Gasteiger partial charge in [0.2, 0.25) is 0 Å². The number of imide groups is 1. The fourth-order valence-corrected chi connectivity index (χ4v) is 4.37. The second kappa shape index (κ2) is 8.36. The highest BCUT2D eigenvalue weighted by Gasteiger charge is 2.44. The van der Waals surface area contributed by atoms with Crippen LogP contribution < -0.4 is 9.64 Å². The number of carbonyl (C=O) groups excluding carboxylic acids is 2. The first-order valence-corrected chi connectivity index (χ1v) is 10.6. The summed E-state index contributed by atoms with van der Waals surface area (Å²) in [5.41, 5.74) is 2.77. The minimum absolute atomic E-state index is 0.0619. The molecule has 0 aromatic heterocycles. The Kier molecular flexibility index (Phi) is 5.77. The molecule has 0 spiro atoms. The first-order valence-electron chi connectivity index (χ1n) is 10.2. The van der Waals surface area contributed by atoms with Crippen LogP contribution in [0.25, 0.3) is 5.57 Å². The molecule has 7 heteroatoms. The Morgan fingerprint density at radius 3 is 2.26 bits per heavy atom. The average Bonchev–Trinajstić information content (AvgIpc) is 2.98. The number of nitrogens with zero attached hydrogens (tertiary/aromatic N) is 2. The largest absolute Gasteiger partial charge is 0.495 e. The van der Waals surface area contributed by atoms with Gasteiger partial charge in [0.15, 0.2) is 0 Å². The number of carbonyl (C=O) groups is 2. The smallest absolute Gasteiger partial charge is 0.282 e. The molecule has 0 N–H and O–H groups in total. The van der Waals surface area contributed by atoms with Gasteiger partial charge in [-0.1, -0.05) is 29.8 Å². The SMILES string of the molecule is COc1ccc(C)cc1N1C(=O)C(c2ccc(Cl)cc2)=C(N2CC(C)OC(C)C2)C1=O. The van der Waals surface area contributed by atoms with Crippen molar-refractivity contribution in [1.29, 1.82) is 0 Å². The Bertz CT molecular complexity index is 1050. The third-order valence-corrected chi connectivity index (χ3v) is 5.76. The van der Waals surface area contributed by atoms with Gasteiger partial charge >= 0.3 is 0 Å². The molecular weight excluding hydrogens is 416 g/mol.